The van der Waals surface area contributed by atoms with Crippen LogP contribution in [0.3, 0.4) is 0 Å². The van der Waals surface area contributed by atoms with Crippen LogP contribution in [0, 0.1) is 0 Å². The van der Waals surface area contributed by atoms with E-state index in [2.05, 4.69) is 26.6 Å². The molecule has 0 spiro atoms. The van der Waals surface area contributed by atoms with E-state index in [1.54, 1.807) is 18.2 Å². The van der Waals surface area contributed by atoms with Gasteiger partial charge >= 0.3 is 0 Å². The zero-order chi connectivity index (χ0) is 17.9. The first-order valence-corrected chi connectivity index (χ1v) is 8.28. The summed E-state index contributed by atoms with van der Waals surface area (Å²) in [6, 6.07) is 7.97. The normalized spacial score (nSPS) is 10.2. The van der Waals surface area contributed by atoms with Crippen molar-refractivity contribution in [2.24, 2.45) is 0 Å². The second kappa shape index (κ2) is 7.88. The summed E-state index contributed by atoms with van der Waals surface area (Å²) < 4.78 is 5.94. The van der Waals surface area contributed by atoms with Crippen molar-refractivity contribution in [1.82, 2.24) is 0 Å². The highest BCUT2D eigenvalue weighted by molar-refractivity contribution is 9.10. The molecule has 24 heavy (non-hydrogen) atoms. The molecule has 0 bridgehead atoms. The molecule has 126 valence electrons. The van der Waals surface area contributed by atoms with E-state index in [0.29, 0.717) is 16.4 Å². The van der Waals surface area contributed by atoms with E-state index in [1.165, 1.54) is 26.2 Å². The fourth-order valence-electron chi connectivity index (χ4n) is 1.96. The molecular formula is C16H13BrCl2N2O3. The molecule has 8 heteroatoms. The number of nitrogens with one attached hydrogen (secondary N) is 2. The number of hydrogen-bond donors (Lipinski definition) is 2. The number of amides is 2. The Labute approximate surface area is 157 Å². The number of methoxy groups -OCH3 is 1. The van der Waals surface area contributed by atoms with Crippen molar-refractivity contribution < 1.29 is 14.3 Å². The summed E-state index contributed by atoms with van der Waals surface area (Å²) in [4.78, 5) is 23.7. The molecule has 0 heterocycles. The summed E-state index contributed by atoms with van der Waals surface area (Å²) in [5.41, 5.74) is 1.12. The molecule has 0 aliphatic heterocycles. The number of carbonyl (C=O) groups excluding carboxylic acids is 2. The van der Waals surface area contributed by atoms with Crippen LogP contribution in [-0.2, 0) is 4.79 Å². The lowest BCUT2D eigenvalue weighted by Gasteiger charge is -2.13. The minimum Gasteiger partial charge on any atom is -0.496 e. The first-order chi connectivity index (χ1) is 11.3. The highest BCUT2D eigenvalue weighted by Crippen LogP contribution is 2.32. The lowest BCUT2D eigenvalue weighted by molar-refractivity contribution is -0.114. The second-order valence-corrected chi connectivity index (χ2v) is 6.47. The molecule has 2 N–H and O–H groups in total. The van der Waals surface area contributed by atoms with Gasteiger partial charge in [-0.25, -0.2) is 0 Å². The van der Waals surface area contributed by atoms with E-state index in [0.717, 1.165) is 4.47 Å². The maximum Gasteiger partial charge on any atom is 0.259 e. The van der Waals surface area contributed by atoms with Crippen molar-refractivity contribution in [3.63, 3.8) is 0 Å². The number of halogens is 3. The number of benzene rings is 2. The zero-order valence-electron chi connectivity index (χ0n) is 12.7. The summed E-state index contributed by atoms with van der Waals surface area (Å²) in [5.74, 6) is -0.411. The largest absolute Gasteiger partial charge is 0.496 e. The summed E-state index contributed by atoms with van der Waals surface area (Å²) in [7, 11) is 1.42. The predicted molar refractivity (Wildman–Crippen MR) is 99.4 cm³/mol. The third kappa shape index (κ3) is 4.41. The Morgan fingerprint density at radius 3 is 2.38 bits per heavy atom. The van der Waals surface area contributed by atoms with Gasteiger partial charge in [0.15, 0.2) is 0 Å². The number of rotatable bonds is 4. The van der Waals surface area contributed by atoms with Crippen LogP contribution in [0.15, 0.2) is 34.8 Å². The van der Waals surface area contributed by atoms with Crippen LogP contribution in [0.4, 0.5) is 11.4 Å². The Balaban J connectivity index is 2.32. The average molecular weight is 432 g/mol. The fourth-order valence-corrected chi connectivity index (χ4v) is 2.60. The molecular weight excluding hydrogens is 419 g/mol. The van der Waals surface area contributed by atoms with Crippen molar-refractivity contribution in [3.8, 4) is 5.75 Å². The van der Waals surface area contributed by atoms with Gasteiger partial charge in [-0.2, -0.15) is 0 Å². The molecule has 0 radical (unpaired) electrons. The van der Waals surface area contributed by atoms with Crippen molar-refractivity contribution in [2.45, 2.75) is 6.92 Å². The van der Waals surface area contributed by atoms with Crippen LogP contribution in [0.1, 0.15) is 17.3 Å². The van der Waals surface area contributed by atoms with Crippen LogP contribution < -0.4 is 15.4 Å². The SMILES string of the molecule is COc1cc(NC(C)=O)c(Cl)cc1C(=O)Nc1ccc(Br)c(Cl)c1. The molecule has 0 fully saturated rings. The third-order valence-electron chi connectivity index (χ3n) is 3.02. The highest BCUT2D eigenvalue weighted by atomic mass is 79.9. The van der Waals surface area contributed by atoms with E-state index in [1.807, 2.05) is 0 Å². The van der Waals surface area contributed by atoms with E-state index < -0.39 is 5.91 Å². The average Bonchev–Trinajstić information content (AvgIpc) is 2.52. The van der Waals surface area contributed by atoms with Crippen molar-refractivity contribution in [2.75, 3.05) is 17.7 Å². The summed E-state index contributed by atoms with van der Waals surface area (Å²) in [6.45, 7) is 1.36. The highest BCUT2D eigenvalue weighted by Gasteiger charge is 2.17. The molecule has 0 aliphatic rings. The lowest BCUT2D eigenvalue weighted by atomic mass is 10.1. The zero-order valence-corrected chi connectivity index (χ0v) is 15.8. The molecule has 2 amide bonds. The molecule has 0 atom stereocenters. The Morgan fingerprint density at radius 2 is 1.79 bits per heavy atom. The van der Waals surface area contributed by atoms with E-state index in [9.17, 15) is 9.59 Å². The Kier molecular flexibility index (Phi) is 6.10. The molecule has 0 saturated heterocycles. The second-order valence-electron chi connectivity index (χ2n) is 4.80. The molecule has 0 saturated carbocycles. The summed E-state index contributed by atoms with van der Waals surface area (Å²) in [6.07, 6.45) is 0. The number of carbonyl (C=O) groups is 2. The fraction of sp³-hybridized carbons (Fsp3) is 0.125. The van der Waals surface area contributed by atoms with Gasteiger partial charge in [0, 0.05) is 23.2 Å². The third-order valence-corrected chi connectivity index (χ3v) is 4.57. The standard InChI is InChI=1S/C16H13BrCl2N2O3/c1-8(22)20-14-7-15(24-2)10(6-13(14)19)16(23)21-9-3-4-11(17)12(18)5-9/h3-7H,1-2H3,(H,20,22)(H,21,23). The van der Waals surface area contributed by atoms with E-state index in [-0.39, 0.29) is 22.2 Å². The van der Waals surface area contributed by atoms with Gasteiger partial charge in [-0.3, -0.25) is 9.59 Å². The van der Waals surface area contributed by atoms with Crippen molar-refractivity contribution >= 4 is 62.3 Å². The Morgan fingerprint density at radius 1 is 1.08 bits per heavy atom. The molecule has 2 aromatic rings. The van der Waals surface area contributed by atoms with Gasteiger partial charge in [-0.1, -0.05) is 23.2 Å². The minimum atomic E-state index is -0.415. The predicted octanol–water partition coefficient (Wildman–Crippen LogP) is 4.98. The summed E-state index contributed by atoms with van der Waals surface area (Å²) >= 11 is 15.4. The van der Waals surface area contributed by atoms with Gasteiger partial charge in [-0.05, 0) is 40.2 Å². The van der Waals surface area contributed by atoms with Gasteiger partial charge in [0.25, 0.3) is 5.91 Å². The number of ether oxygens (including phenoxy) is 1. The molecule has 2 rings (SSSR count). The molecule has 5 nitrogen and oxygen atoms in total. The van der Waals surface area contributed by atoms with Crippen LogP contribution in [0.5, 0.6) is 5.75 Å². The monoisotopic (exact) mass is 430 g/mol. The van der Waals surface area contributed by atoms with Crippen molar-refractivity contribution in [1.29, 1.82) is 0 Å². The Bertz CT molecular complexity index is 812. The van der Waals surface area contributed by atoms with Crippen LogP contribution in [-0.4, -0.2) is 18.9 Å². The van der Waals surface area contributed by atoms with Gasteiger partial charge in [0.2, 0.25) is 5.91 Å². The van der Waals surface area contributed by atoms with Gasteiger partial charge < -0.3 is 15.4 Å². The van der Waals surface area contributed by atoms with Gasteiger partial charge in [-0.15, -0.1) is 0 Å². The molecule has 0 unspecified atom stereocenters. The topological polar surface area (TPSA) is 67.4 Å². The van der Waals surface area contributed by atoms with Crippen LogP contribution in [0.2, 0.25) is 10.0 Å². The quantitative estimate of drug-likeness (QED) is 0.717. The first-order valence-electron chi connectivity index (χ1n) is 6.73. The lowest BCUT2D eigenvalue weighted by Crippen LogP contribution is -2.14. The minimum absolute atomic E-state index is 0.227. The van der Waals surface area contributed by atoms with Crippen LogP contribution >= 0.6 is 39.1 Å². The van der Waals surface area contributed by atoms with Gasteiger partial charge in [0.05, 0.1) is 28.4 Å². The Hall–Kier alpha value is -1.76. The van der Waals surface area contributed by atoms with Gasteiger partial charge in [0.1, 0.15) is 5.75 Å². The smallest absolute Gasteiger partial charge is 0.259 e. The number of anilines is 2. The van der Waals surface area contributed by atoms with Crippen LogP contribution in [0.25, 0.3) is 0 Å². The van der Waals surface area contributed by atoms with E-state index >= 15 is 0 Å². The van der Waals surface area contributed by atoms with E-state index in [4.69, 9.17) is 27.9 Å². The number of hydrogen-bond acceptors (Lipinski definition) is 3. The maximum absolute atomic E-state index is 12.5. The molecule has 2 aromatic carbocycles. The first kappa shape index (κ1) is 18.6. The summed E-state index contributed by atoms with van der Waals surface area (Å²) in [5, 5.41) is 5.99. The molecule has 0 aliphatic carbocycles. The van der Waals surface area contributed by atoms with Crippen molar-refractivity contribution in [3.05, 3.63) is 50.4 Å². The maximum atomic E-state index is 12.5. The molecule has 0 aromatic heterocycles.